The quantitative estimate of drug-likeness (QED) is 0.868. The Morgan fingerprint density at radius 1 is 1.40 bits per heavy atom. The van der Waals surface area contributed by atoms with Gasteiger partial charge in [-0.2, -0.15) is 0 Å². The lowest BCUT2D eigenvalue weighted by Gasteiger charge is -2.31. The SMILES string of the molecule is CCN1CCC(CNc2c(C)cccc2C(=O)O)CC1. The molecule has 0 aromatic heterocycles. The van der Waals surface area contributed by atoms with Crippen LogP contribution in [0, 0.1) is 12.8 Å². The van der Waals surface area contributed by atoms with Gasteiger partial charge in [0.2, 0.25) is 0 Å². The zero-order valence-corrected chi connectivity index (χ0v) is 12.4. The molecule has 0 radical (unpaired) electrons. The van der Waals surface area contributed by atoms with Crippen molar-refractivity contribution in [2.75, 3.05) is 31.5 Å². The number of hydrogen-bond donors (Lipinski definition) is 2. The molecule has 0 bridgehead atoms. The number of para-hydroxylation sites is 1. The third-order valence-corrected chi connectivity index (χ3v) is 4.23. The Labute approximate surface area is 120 Å². The highest BCUT2D eigenvalue weighted by atomic mass is 16.4. The van der Waals surface area contributed by atoms with Crippen LogP contribution in [0.4, 0.5) is 5.69 Å². The van der Waals surface area contributed by atoms with Gasteiger partial charge in [-0.3, -0.25) is 0 Å². The van der Waals surface area contributed by atoms with Crippen LogP contribution in [0.3, 0.4) is 0 Å². The first kappa shape index (κ1) is 14.9. The molecule has 1 saturated heterocycles. The van der Waals surface area contributed by atoms with Crippen molar-refractivity contribution in [3.05, 3.63) is 29.3 Å². The number of hydrogen-bond acceptors (Lipinski definition) is 3. The highest BCUT2D eigenvalue weighted by Gasteiger charge is 2.19. The van der Waals surface area contributed by atoms with E-state index in [4.69, 9.17) is 0 Å². The lowest BCUT2D eigenvalue weighted by molar-refractivity contribution is 0.0698. The molecule has 0 amide bonds. The summed E-state index contributed by atoms with van der Waals surface area (Å²) in [7, 11) is 0. The van der Waals surface area contributed by atoms with Gasteiger partial charge in [-0.05, 0) is 56.9 Å². The van der Waals surface area contributed by atoms with E-state index in [2.05, 4.69) is 17.1 Å². The van der Waals surface area contributed by atoms with Gasteiger partial charge in [-0.1, -0.05) is 19.1 Å². The lowest BCUT2D eigenvalue weighted by Crippen LogP contribution is -2.35. The number of rotatable bonds is 5. The number of benzene rings is 1. The van der Waals surface area contributed by atoms with Gasteiger partial charge < -0.3 is 15.3 Å². The largest absolute Gasteiger partial charge is 0.478 e. The number of nitrogens with zero attached hydrogens (tertiary/aromatic N) is 1. The maximum atomic E-state index is 11.3. The number of carboxylic acids is 1. The summed E-state index contributed by atoms with van der Waals surface area (Å²) in [5, 5.41) is 12.6. The average Bonchev–Trinajstić information content (AvgIpc) is 2.46. The fourth-order valence-electron chi connectivity index (χ4n) is 2.83. The third kappa shape index (κ3) is 3.51. The standard InChI is InChI=1S/C16H24N2O2/c1-3-18-9-7-13(8-10-18)11-17-15-12(2)5-4-6-14(15)16(19)20/h4-6,13,17H,3,7-11H2,1-2H3,(H,19,20). The van der Waals surface area contributed by atoms with Crippen molar-refractivity contribution in [3.8, 4) is 0 Å². The summed E-state index contributed by atoms with van der Waals surface area (Å²) in [5.41, 5.74) is 2.14. The average molecular weight is 276 g/mol. The van der Waals surface area contributed by atoms with Gasteiger partial charge >= 0.3 is 5.97 Å². The van der Waals surface area contributed by atoms with Crippen LogP contribution in [0.25, 0.3) is 0 Å². The van der Waals surface area contributed by atoms with E-state index in [-0.39, 0.29) is 0 Å². The van der Waals surface area contributed by atoms with E-state index in [1.807, 2.05) is 13.0 Å². The van der Waals surface area contributed by atoms with E-state index in [1.54, 1.807) is 12.1 Å². The van der Waals surface area contributed by atoms with E-state index < -0.39 is 5.97 Å². The third-order valence-electron chi connectivity index (χ3n) is 4.23. The first-order valence-electron chi connectivity index (χ1n) is 7.41. The fraction of sp³-hybridized carbons (Fsp3) is 0.562. The predicted molar refractivity (Wildman–Crippen MR) is 81.5 cm³/mol. The molecule has 1 aromatic carbocycles. The minimum absolute atomic E-state index is 0.371. The second kappa shape index (κ2) is 6.75. The summed E-state index contributed by atoms with van der Waals surface area (Å²) >= 11 is 0. The fourth-order valence-corrected chi connectivity index (χ4v) is 2.83. The van der Waals surface area contributed by atoms with Gasteiger partial charge in [-0.25, -0.2) is 4.79 Å². The number of aryl methyl sites for hydroxylation is 1. The summed E-state index contributed by atoms with van der Waals surface area (Å²) < 4.78 is 0. The molecule has 1 fully saturated rings. The van der Waals surface area contributed by atoms with E-state index in [0.29, 0.717) is 11.5 Å². The molecule has 0 atom stereocenters. The molecule has 1 aliphatic rings. The normalized spacial score (nSPS) is 17.1. The molecular formula is C16H24N2O2. The Balaban J connectivity index is 1.96. The van der Waals surface area contributed by atoms with Crippen molar-refractivity contribution < 1.29 is 9.90 Å². The molecule has 1 heterocycles. The highest BCUT2D eigenvalue weighted by Crippen LogP contribution is 2.23. The zero-order valence-electron chi connectivity index (χ0n) is 12.4. The van der Waals surface area contributed by atoms with E-state index in [9.17, 15) is 9.90 Å². The zero-order chi connectivity index (χ0) is 14.5. The van der Waals surface area contributed by atoms with Crippen molar-refractivity contribution in [3.63, 3.8) is 0 Å². The van der Waals surface area contributed by atoms with E-state index >= 15 is 0 Å². The first-order chi connectivity index (χ1) is 9.61. The molecule has 20 heavy (non-hydrogen) atoms. The second-order valence-corrected chi connectivity index (χ2v) is 5.56. The van der Waals surface area contributed by atoms with Crippen LogP contribution in [-0.2, 0) is 0 Å². The van der Waals surface area contributed by atoms with Gasteiger partial charge in [0.25, 0.3) is 0 Å². The van der Waals surface area contributed by atoms with Crippen molar-refractivity contribution in [2.45, 2.75) is 26.7 Å². The van der Waals surface area contributed by atoms with E-state index in [1.165, 1.54) is 12.8 Å². The Bertz CT molecular complexity index is 466. The number of likely N-dealkylation sites (tertiary alicyclic amines) is 1. The Morgan fingerprint density at radius 3 is 2.70 bits per heavy atom. The van der Waals surface area contributed by atoms with Crippen molar-refractivity contribution in [1.82, 2.24) is 4.90 Å². The smallest absolute Gasteiger partial charge is 0.337 e. The van der Waals surface area contributed by atoms with Crippen molar-refractivity contribution in [1.29, 1.82) is 0 Å². The van der Waals surface area contributed by atoms with Crippen LogP contribution in [0.1, 0.15) is 35.7 Å². The monoisotopic (exact) mass is 276 g/mol. The molecule has 0 spiro atoms. The van der Waals surface area contributed by atoms with Crippen LogP contribution in [0.5, 0.6) is 0 Å². The number of carboxylic acid groups (broad SMARTS) is 1. The predicted octanol–water partition coefficient (Wildman–Crippen LogP) is 2.84. The summed E-state index contributed by atoms with van der Waals surface area (Å²) in [6, 6.07) is 5.41. The summed E-state index contributed by atoms with van der Waals surface area (Å²) in [6.07, 6.45) is 2.38. The molecule has 2 N–H and O–H groups in total. The second-order valence-electron chi connectivity index (χ2n) is 5.56. The van der Waals surface area contributed by atoms with Crippen LogP contribution in [0.15, 0.2) is 18.2 Å². The van der Waals surface area contributed by atoms with Crippen LogP contribution in [0.2, 0.25) is 0 Å². The summed E-state index contributed by atoms with van der Waals surface area (Å²) in [5.74, 6) is -0.226. The molecule has 4 heteroatoms. The Hall–Kier alpha value is -1.55. The van der Waals surface area contributed by atoms with Crippen LogP contribution in [-0.4, -0.2) is 42.2 Å². The number of nitrogens with one attached hydrogen (secondary N) is 1. The summed E-state index contributed by atoms with van der Waals surface area (Å²) in [4.78, 5) is 13.7. The topological polar surface area (TPSA) is 52.6 Å². The maximum Gasteiger partial charge on any atom is 0.337 e. The molecular weight excluding hydrogens is 252 g/mol. The van der Waals surface area contributed by atoms with Crippen molar-refractivity contribution in [2.24, 2.45) is 5.92 Å². The number of carbonyl (C=O) groups is 1. The molecule has 0 aliphatic carbocycles. The molecule has 110 valence electrons. The lowest BCUT2D eigenvalue weighted by atomic mass is 9.96. The Kier molecular flexibility index (Phi) is 5.01. The molecule has 2 rings (SSSR count). The number of piperidine rings is 1. The van der Waals surface area contributed by atoms with Crippen molar-refractivity contribution >= 4 is 11.7 Å². The first-order valence-corrected chi connectivity index (χ1v) is 7.41. The van der Waals surface area contributed by atoms with Gasteiger partial charge in [0.15, 0.2) is 0 Å². The molecule has 4 nitrogen and oxygen atoms in total. The molecule has 0 saturated carbocycles. The highest BCUT2D eigenvalue weighted by molar-refractivity contribution is 5.95. The van der Waals surface area contributed by atoms with Gasteiger partial charge in [0.05, 0.1) is 11.3 Å². The minimum atomic E-state index is -0.864. The van der Waals surface area contributed by atoms with Crippen LogP contribution >= 0.6 is 0 Å². The molecule has 0 unspecified atom stereocenters. The number of anilines is 1. The Morgan fingerprint density at radius 2 is 2.10 bits per heavy atom. The minimum Gasteiger partial charge on any atom is -0.478 e. The molecule has 1 aliphatic heterocycles. The van der Waals surface area contributed by atoms with Crippen LogP contribution < -0.4 is 5.32 Å². The van der Waals surface area contributed by atoms with Gasteiger partial charge in [-0.15, -0.1) is 0 Å². The molecule has 1 aromatic rings. The van der Waals surface area contributed by atoms with Gasteiger partial charge in [0.1, 0.15) is 0 Å². The summed E-state index contributed by atoms with van der Waals surface area (Å²) in [6.45, 7) is 8.45. The van der Waals surface area contributed by atoms with E-state index in [0.717, 1.165) is 37.4 Å². The maximum absolute atomic E-state index is 11.3. The van der Waals surface area contributed by atoms with Gasteiger partial charge in [0, 0.05) is 6.54 Å². The number of aromatic carboxylic acids is 1.